The number of thiophene rings is 1. The predicted molar refractivity (Wildman–Crippen MR) is 120 cm³/mol. The molecule has 0 aliphatic heterocycles. The first-order valence-corrected chi connectivity index (χ1v) is 11.3. The molecule has 0 atom stereocenters. The van der Waals surface area contributed by atoms with E-state index in [9.17, 15) is 9.59 Å². The van der Waals surface area contributed by atoms with E-state index in [1.807, 2.05) is 54.8 Å². The molecule has 1 aromatic carbocycles. The number of aromatic nitrogens is 2. The smallest absolute Gasteiger partial charge is 0.258 e. The van der Waals surface area contributed by atoms with Crippen molar-refractivity contribution in [3.05, 3.63) is 59.1 Å². The third-order valence-corrected chi connectivity index (χ3v) is 7.40. The van der Waals surface area contributed by atoms with Gasteiger partial charge in [0.25, 0.3) is 5.91 Å². The first-order valence-electron chi connectivity index (χ1n) is 8.65. The Morgan fingerprint density at radius 3 is 2.76 bits per heavy atom. The highest BCUT2D eigenvalue weighted by Gasteiger charge is 2.17. The van der Waals surface area contributed by atoms with Gasteiger partial charge in [-0.15, -0.1) is 23.1 Å². The molecule has 0 saturated heterocycles. The van der Waals surface area contributed by atoms with Crippen LogP contribution in [0.3, 0.4) is 0 Å². The van der Waals surface area contributed by atoms with Crippen molar-refractivity contribution >= 4 is 62.3 Å². The number of para-hydroxylation sites is 1. The monoisotopic (exact) mass is 440 g/mol. The van der Waals surface area contributed by atoms with Crippen LogP contribution >= 0.6 is 34.4 Å². The SMILES string of the molecule is Cc1nc(NC(=O)c2cc(-c3cccs3)nc3ccccc23)sc1SCC(N)=O. The number of hydrogen-bond acceptors (Lipinski definition) is 7. The normalized spacial score (nSPS) is 10.9. The van der Waals surface area contributed by atoms with Crippen LogP contribution in [0.25, 0.3) is 21.5 Å². The van der Waals surface area contributed by atoms with Gasteiger partial charge in [-0.2, -0.15) is 0 Å². The summed E-state index contributed by atoms with van der Waals surface area (Å²) in [5.74, 6) is -0.463. The summed E-state index contributed by atoms with van der Waals surface area (Å²) in [5.41, 5.74) is 8.03. The average Bonchev–Trinajstić information content (AvgIpc) is 3.35. The molecular formula is C20H16N4O2S3. The van der Waals surface area contributed by atoms with Gasteiger partial charge in [-0.05, 0) is 30.5 Å². The second-order valence-electron chi connectivity index (χ2n) is 6.15. The number of amides is 2. The first-order chi connectivity index (χ1) is 14.0. The molecule has 0 fully saturated rings. The summed E-state index contributed by atoms with van der Waals surface area (Å²) < 4.78 is 0.859. The van der Waals surface area contributed by atoms with Gasteiger partial charge in [0.15, 0.2) is 5.13 Å². The third kappa shape index (κ3) is 4.31. The number of carbonyl (C=O) groups excluding carboxylic acids is 2. The van der Waals surface area contributed by atoms with E-state index >= 15 is 0 Å². The molecule has 0 saturated carbocycles. The van der Waals surface area contributed by atoms with E-state index < -0.39 is 5.91 Å². The van der Waals surface area contributed by atoms with E-state index in [1.54, 1.807) is 11.3 Å². The largest absolute Gasteiger partial charge is 0.369 e. The van der Waals surface area contributed by atoms with Crippen LogP contribution in [-0.4, -0.2) is 27.5 Å². The molecule has 4 rings (SSSR count). The lowest BCUT2D eigenvalue weighted by Gasteiger charge is -2.08. The molecule has 29 heavy (non-hydrogen) atoms. The predicted octanol–water partition coefficient (Wildman–Crippen LogP) is 4.56. The Morgan fingerprint density at radius 1 is 1.17 bits per heavy atom. The number of fused-ring (bicyclic) bond motifs is 1. The molecule has 3 N–H and O–H groups in total. The minimum Gasteiger partial charge on any atom is -0.369 e. The zero-order chi connectivity index (χ0) is 20.4. The summed E-state index contributed by atoms with van der Waals surface area (Å²) in [4.78, 5) is 34.2. The fraction of sp³-hybridized carbons (Fsp3) is 0.100. The maximum atomic E-state index is 13.1. The van der Waals surface area contributed by atoms with Gasteiger partial charge in [-0.3, -0.25) is 14.9 Å². The number of nitrogens with zero attached hydrogens (tertiary/aromatic N) is 2. The zero-order valence-electron chi connectivity index (χ0n) is 15.3. The van der Waals surface area contributed by atoms with Gasteiger partial charge in [0.2, 0.25) is 5.91 Å². The van der Waals surface area contributed by atoms with Crippen molar-refractivity contribution in [1.29, 1.82) is 0 Å². The van der Waals surface area contributed by atoms with Gasteiger partial charge in [-0.25, -0.2) is 9.97 Å². The highest BCUT2D eigenvalue weighted by atomic mass is 32.2. The fourth-order valence-corrected chi connectivity index (χ4v) is 5.34. The Morgan fingerprint density at radius 2 is 2.00 bits per heavy atom. The van der Waals surface area contributed by atoms with Crippen molar-refractivity contribution in [3.63, 3.8) is 0 Å². The summed E-state index contributed by atoms with van der Waals surface area (Å²) in [5, 5.41) is 6.13. The van der Waals surface area contributed by atoms with Crippen LogP contribution in [0.4, 0.5) is 5.13 Å². The number of nitrogens with two attached hydrogens (primary N) is 1. The molecule has 0 aliphatic rings. The second-order valence-corrected chi connectivity index (χ2v) is 9.34. The van der Waals surface area contributed by atoms with E-state index in [-0.39, 0.29) is 11.7 Å². The van der Waals surface area contributed by atoms with E-state index in [2.05, 4.69) is 10.3 Å². The summed E-state index contributed by atoms with van der Waals surface area (Å²) in [6.07, 6.45) is 0. The Labute approximate surface area is 179 Å². The van der Waals surface area contributed by atoms with Crippen LogP contribution in [0.15, 0.2) is 52.1 Å². The molecule has 0 spiro atoms. The van der Waals surface area contributed by atoms with Crippen molar-refractivity contribution < 1.29 is 9.59 Å². The molecule has 0 bridgehead atoms. The highest BCUT2D eigenvalue weighted by Crippen LogP contribution is 2.33. The standard InChI is InChI=1S/C20H16N4O2S3/c1-11-19(28-10-17(21)25)29-20(22-11)24-18(26)13-9-15(16-7-4-8-27-16)23-14-6-3-2-5-12(13)14/h2-9H,10H2,1H3,(H2,21,25)(H,22,24,26). The number of primary amides is 1. The van der Waals surface area contributed by atoms with Crippen molar-refractivity contribution in [2.75, 3.05) is 11.1 Å². The maximum Gasteiger partial charge on any atom is 0.258 e. The summed E-state index contributed by atoms with van der Waals surface area (Å²) in [7, 11) is 0. The number of hydrogen-bond donors (Lipinski definition) is 2. The van der Waals surface area contributed by atoms with Crippen LogP contribution in [-0.2, 0) is 4.79 Å². The van der Waals surface area contributed by atoms with Gasteiger partial charge in [0.1, 0.15) is 0 Å². The zero-order valence-corrected chi connectivity index (χ0v) is 17.8. The minimum atomic E-state index is -0.391. The molecule has 4 aromatic rings. The number of aryl methyl sites for hydroxylation is 1. The molecule has 0 unspecified atom stereocenters. The van der Waals surface area contributed by atoms with E-state index in [1.165, 1.54) is 23.1 Å². The lowest BCUT2D eigenvalue weighted by Crippen LogP contribution is -2.13. The lowest BCUT2D eigenvalue weighted by atomic mass is 10.1. The Kier molecular flexibility index (Phi) is 5.61. The van der Waals surface area contributed by atoms with Crippen molar-refractivity contribution in [1.82, 2.24) is 9.97 Å². The Hall–Kier alpha value is -2.75. The molecule has 9 heteroatoms. The Bertz CT molecular complexity index is 1200. The van der Waals surface area contributed by atoms with Gasteiger partial charge < -0.3 is 5.73 Å². The lowest BCUT2D eigenvalue weighted by molar-refractivity contribution is -0.115. The van der Waals surface area contributed by atoms with E-state index in [0.29, 0.717) is 10.7 Å². The minimum absolute atomic E-state index is 0.176. The number of anilines is 1. The summed E-state index contributed by atoms with van der Waals surface area (Å²) in [6, 6.07) is 13.3. The number of rotatable bonds is 6. The molecule has 6 nitrogen and oxygen atoms in total. The fourth-order valence-electron chi connectivity index (χ4n) is 2.78. The van der Waals surface area contributed by atoms with Crippen LogP contribution in [0.5, 0.6) is 0 Å². The number of thiazole rings is 1. The third-order valence-electron chi connectivity index (χ3n) is 4.05. The molecular weight excluding hydrogens is 424 g/mol. The van der Waals surface area contributed by atoms with Crippen LogP contribution in [0, 0.1) is 6.92 Å². The highest BCUT2D eigenvalue weighted by molar-refractivity contribution is 8.01. The summed E-state index contributed by atoms with van der Waals surface area (Å²) in [6.45, 7) is 1.84. The quantitative estimate of drug-likeness (QED) is 0.428. The Balaban J connectivity index is 1.67. The van der Waals surface area contributed by atoms with Gasteiger partial charge in [-0.1, -0.05) is 35.6 Å². The van der Waals surface area contributed by atoms with Crippen LogP contribution in [0.1, 0.15) is 16.1 Å². The molecule has 2 amide bonds. The topological polar surface area (TPSA) is 98.0 Å². The number of nitrogens with one attached hydrogen (secondary N) is 1. The van der Waals surface area contributed by atoms with Gasteiger partial charge in [0.05, 0.1) is 37.3 Å². The van der Waals surface area contributed by atoms with Crippen molar-refractivity contribution in [3.8, 4) is 10.6 Å². The number of benzene rings is 1. The van der Waals surface area contributed by atoms with Crippen LogP contribution in [0.2, 0.25) is 0 Å². The van der Waals surface area contributed by atoms with Gasteiger partial charge in [0, 0.05) is 5.39 Å². The molecule has 146 valence electrons. The number of thioether (sulfide) groups is 1. The molecule has 3 aromatic heterocycles. The molecule has 3 heterocycles. The average molecular weight is 441 g/mol. The number of pyridine rings is 1. The second kappa shape index (κ2) is 8.32. The molecule has 0 radical (unpaired) electrons. The van der Waals surface area contributed by atoms with E-state index in [0.717, 1.165) is 31.4 Å². The molecule has 0 aliphatic carbocycles. The summed E-state index contributed by atoms with van der Waals surface area (Å²) >= 11 is 4.23. The van der Waals surface area contributed by atoms with Crippen molar-refractivity contribution in [2.45, 2.75) is 11.1 Å². The number of carbonyl (C=O) groups is 2. The van der Waals surface area contributed by atoms with E-state index in [4.69, 9.17) is 10.7 Å². The van der Waals surface area contributed by atoms with Crippen LogP contribution < -0.4 is 11.1 Å². The van der Waals surface area contributed by atoms with Crippen molar-refractivity contribution in [2.24, 2.45) is 5.73 Å². The van der Waals surface area contributed by atoms with Gasteiger partial charge >= 0.3 is 0 Å². The maximum absolute atomic E-state index is 13.1. The first kappa shape index (κ1) is 19.6.